The van der Waals surface area contributed by atoms with E-state index in [1.807, 2.05) is 5.32 Å². The smallest absolute Gasteiger partial charge is 0.478 e. The number of aromatic carboxylic acids is 1. The van der Waals surface area contributed by atoms with Crippen LogP contribution >= 0.6 is 0 Å². The first-order valence-electron chi connectivity index (χ1n) is 7.49. The average Bonchev–Trinajstić information content (AvgIpc) is 2.59. The van der Waals surface area contributed by atoms with Gasteiger partial charge in [0.1, 0.15) is 0 Å². The Morgan fingerprint density at radius 1 is 0.933 bits per heavy atom. The van der Waals surface area contributed by atoms with Gasteiger partial charge in [0.25, 0.3) is 5.91 Å². The van der Waals surface area contributed by atoms with Crippen molar-refractivity contribution in [2.24, 2.45) is 0 Å². The second-order valence-electron chi connectivity index (χ2n) is 5.50. The lowest BCUT2D eigenvalue weighted by molar-refractivity contribution is -0.137. The summed E-state index contributed by atoms with van der Waals surface area (Å²) < 4.78 is 102. The van der Waals surface area contributed by atoms with E-state index in [4.69, 9.17) is 5.11 Å². The summed E-state index contributed by atoms with van der Waals surface area (Å²) in [4.78, 5) is 23.7. The Balaban J connectivity index is 2.46. The van der Waals surface area contributed by atoms with Gasteiger partial charge in [0.2, 0.25) is 0 Å². The molecule has 2 aromatic carbocycles. The highest BCUT2D eigenvalue weighted by atomic mass is 32.2. The van der Waals surface area contributed by atoms with Gasteiger partial charge in [-0.15, -0.1) is 0 Å². The third-order valence-electron chi connectivity index (χ3n) is 3.44. The molecule has 0 aliphatic rings. The van der Waals surface area contributed by atoms with Crippen LogP contribution in [0.15, 0.2) is 42.5 Å². The number of halogens is 6. The maximum absolute atomic E-state index is 12.6. The van der Waals surface area contributed by atoms with E-state index < -0.39 is 56.1 Å². The number of benzene rings is 2. The Hall–Kier alpha value is -3.29. The second-order valence-corrected chi connectivity index (χ2v) is 7.03. The van der Waals surface area contributed by atoms with E-state index in [0.29, 0.717) is 18.2 Å². The summed E-state index contributed by atoms with van der Waals surface area (Å²) in [6, 6.07) is 5.01. The lowest BCUT2D eigenvalue weighted by Gasteiger charge is -2.15. The zero-order valence-electron chi connectivity index (χ0n) is 14.2. The van der Waals surface area contributed by atoms with Crippen molar-refractivity contribution < 1.29 is 53.6 Å². The molecule has 0 saturated carbocycles. The van der Waals surface area contributed by atoms with Crippen molar-refractivity contribution in [2.45, 2.75) is 11.7 Å². The van der Waals surface area contributed by atoms with E-state index in [2.05, 4.69) is 4.18 Å². The highest BCUT2D eigenvalue weighted by molar-refractivity contribution is 7.88. The van der Waals surface area contributed by atoms with Crippen LogP contribution in [0.2, 0.25) is 0 Å². The number of carbonyl (C=O) groups excluding carboxylic acids is 1. The second kappa shape index (κ2) is 7.85. The van der Waals surface area contributed by atoms with Crippen LogP contribution in [0.3, 0.4) is 0 Å². The van der Waals surface area contributed by atoms with Crippen molar-refractivity contribution in [3.63, 3.8) is 0 Å². The number of hydrogen-bond donors (Lipinski definition) is 2. The molecular formula is C16H9F6NO6S. The SMILES string of the molecule is O=C(O)c1cccc(OS(=O)(=O)C(F)(F)F)c1C(=O)Nc1ccc(C(F)(F)F)cc1. The highest BCUT2D eigenvalue weighted by Gasteiger charge is 2.49. The molecule has 7 nitrogen and oxygen atoms in total. The molecule has 14 heteroatoms. The van der Waals surface area contributed by atoms with Gasteiger partial charge >= 0.3 is 27.8 Å². The van der Waals surface area contributed by atoms with Crippen LogP contribution in [0.5, 0.6) is 5.75 Å². The minimum absolute atomic E-state index is 0.280. The normalized spacial score (nSPS) is 12.3. The van der Waals surface area contributed by atoms with Gasteiger partial charge in [-0.25, -0.2) is 4.79 Å². The molecule has 0 spiro atoms. The van der Waals surface area contributed by atoms with E-state index in [1.165, 1.54) is 0 Å². The van der Waals surface area contributed by atoms with Gasteiger partial charge in [-0.1, -0.05) is 6.07 Å². The number of hydrogen-bond acceptors (Lipinski definition) is 5. The predicted octanol–water partition coefficient (Wildman–Crippen LogP) is 3.88. The Bertz CT molecular complexity index is 1080. The molecule has 30 heavy (non-hydrogen) atoms. The molecule has 0 aromatic heterocycles. The molecule has 0 heterocycles. The number of alkyl halides is 6. The topological polar surface area (TPSA) is 110 Å². The summed E-state index contributed by atoms with van der Waals surface area (Å²) in [6.45, 7) is 0. The lowest BCUT2D eigenvalue weighted by atomic mass is 10.1. The van der Waals surface area contributed by atoms with E-state index in [1.54, 1.807) is 0 Å². The van der Waals surface area contributed by atoms with Gasteiger partial charge in [-0.3, -0.25) is 4.79 Å². The first-order chi connectivity index (χ1) is 13.6. The Morgan fingerprint density at radius 3 is 1.97 bits per heavy atom. The van der Waals surface area contributed by atoms with Gasteiger partial charge in [0, 0.05) is 5.69 Å². The molecular weight excluding hydrogens is 448 g/mol. The van der Waals surface area contributed by atoms with Crippen LogP contribution in [-0.2, 0) is 16.3 Å². The molecule has 0 radical (unpaired) electrons. The summed E-state index contributed by atoms with van der Waals surface area (Å²) in [6.07, 6.45) is -4.68. The predicted molar refractivity (Wildman–Crippen MR) is 88.4 cm³/mol. The summed E-state index contributed by atoms with van der Waals surface area (Å²) >= 11 is 0. The Morgan fingerprint density at radius 2 is 1.50 bits per heavy atom. The molecule has 2 rings (SSSR count). The zero-order chi connectivity index (χ0) is 22.9. The molecule has 0 aliphatic carbocycles. The first-order valence-corrected chi connectivity index (χ1v) is 8.90. The van der Waals surface area contributed by atoms with E-state index in [9.17, 15) is 44.3 Å². The molecule has 1 amide bonds. The summed E-state index contributed by atoms with van der Waals surface area (Å²) in [5, 5.41) is 11.1. The van der Waals surface area contributed by atoms with Crippen LogP contribution in [-0.4, -0.2) is 30.9 Å². The fourth-order valence-electron chi connectivity index (χ4n) is 2.11. The highest BCUT2D eigenvalue weighted by Crippen LogP contribution is 2.32. The van der Waals surface area contributed by atoms with Gasteiger partial charge in [0.05, 0.1) is 16.7 Å². The maximum atomic E-state index is 12.6. The maximum Gasteiger partial charge on any atom is 0.534 e. The molecule has 0 fully saturated rings. The van der Waals surface area contributed by atoms with E-state index in [0.717, 1.165) is 24.3 Å². The fourth-order valence-corrected chi connectivity index (χ4v) is 2.58. The molecule has 162 valence electrons. The molecule has 0 saturated heterocycles. The number of nitrogens with one attached hydrogen (secondary N) is 1. The van der Waals surface area contributed by atoms with Crippen molar-refractivity contribution in [2.75, 3.05) is 5.32 Å². The number of amides is 1. The monoisotopic (exact) mass is 457 g/mol. The molecule has 0 bridgehead atoms. The fraction of sp³-hybridized carbons (Fsp3) is 0.125. The largest absolute Gasteiger partial charge is 0.534 e. The van der Waals surface area contributed by atoms with E-state index in [-0.39, 0.29) is 5.69 Å². The minimum atomic E-state index is -6.24. The number of anilines is 1. The van der Waals surface area contributed by atoms with Gasteiger partial charge in [-0.05, 0) is 36.4 Å². The Labute approximate surface area is 164 Å². The van der Waals surface area contributed by atoms with Crippen molar-refractivity contribution in [3.8, 4) is 5.75 Å². The molecule has 2 aromatic rings. The van der Waals surface area contributed by atoms with Gasteiger partial charge < -0.3 is 14.6 Å². The number of carboxylic acid groups (broad SMARTS) is 1. The van der Waals surface area contributed by atoms with E-state index >= 15 is 0 Å². The van der Waals surface area contributed by atoms with Crippen molar-refractivity contribution in [1.82, 2.24) is 0 Å². The molecule has 0 aliphatic heterocycles. The number of rotatable bonds is 5. The lowest BCUT2D eigenvalue weighted by Crippen LogP contribution is -2.29. The minimum Gasteiger partial charge on any atom is -0.478 e. The summed E-state index contributed by atoms with van der Waals surface area (Å²) in [5.74, 6) is -4.47. The number of carboxylic acids is 1. The van der Waals surface area contributed by atoms with Crippen molar-refractivity contribution in [1.29, 1.82) is 0 Å². The Kier molecular flexibility index (Phi) is 6.02. The third kappa shape index (κ3) is 5.00. The molecule has 0 atom stereocenters. The van der Waals surface area contributed by atoms with Crippen LogP contribution in [0.4, 0.5) is 32.0 Å². The van der Waals surface area contributed by atoms with Gasteiger partial charge in [-0.2, -0.15) is 34.8 Å². The zero-order valence-corrected chi connectivity index (χ0v) is 15.0. The van der Waals surface area contributed by atoms with Crippen LogP contribution in [0.25, 0.3) is 0 Å². The van der Waals surface area contributed by atoms with Crippen molar-refractivity contribution >= 4 is 27.7 Å². The quantitative estimate of drug-likeness (QED) is 0.401. The van der Waals surface area contributed by atoms with Crippen LogP contribution in [0.1, 0.15) is 26.3 Å². The van der Waals surface area contributed by atoms with Crippen LogP contribution in [0, 0.1) is 0 Å². The van der Waals surface area contributed by atoms with Crippen molar-refractivity contribution in [3.05, 3.63) is 59.2 Å². The number of carbonyl (C=O) groups is 2. The first kappa shape index (κ1) is 23.0. The van der Waals surface area contributed by atoms with Crippen LogP contribution < -0.4 is 9.50 Å². The average molecular weight is 457 g/mol. The summed E-state index contributed by atoms with van der Waals surface area (Å²) in [7, 11) is -6.24. The summed E-state index contributed by atoms with van der Waals surface area (Å²) in [5.41, 5.74) is -9.20. The third-order valence-corrected chi connectivity index (χ3v) is 4.40. The van der Waals surface area contributed by atoms with Gasteiger partial charge in [0.15, 0.2) is 5.75 Å². The molecule has 2 N–H and O–H groups in total. The standard InChI is InChI=1S/C16H9F6NO6S/c17-15(18,19)8-4-6-9(7-5-8)23-13(24)12-10(14(25)26)2-1-3-11(12)29-30(27,28)16(20,21)22/h1-7H,(H,23,24)(H,25,26). The molecule has 0 unspecified atom stereocenters.